The standard InChI is InChI=1S/C18H9BrO2/c19-14-7-3-4-10-8-9-13-16(15(10)14)18(21)12-6-2-1-5-11(12)17(13)20/h1-9H. The molecular formula is C18H9BrO2. The lowest BCUT2D eigenvalue weighted by Gasteiger charge is -2.19. The summed E-state index contributed by atoms with van der Waals surface area (Å²) >= 11 is 3.50. The maximum Gasteiger partial charge on any atom is 0.195 e. The Morgan fingerprint density at radius 2 is 1.38 bits per heavy atom. The van der Waals surface area contributed by atoms with E-state index in [1.165, 1.54) is 0 Å². The van der Waals surface area contributed by atoms with Crippen LogP contribution < -0.4 is 0 Å². The Bertz CT molecular complexity index is 941. The molecule has 0 aromatic heterocycles. The Hall–Kier alpha value is -2.26. The highest BCUT2D eigenvalue weighted by Crippen LogP contribution is 2.35. The maximum atomic E-state index is 12.8. The molecule has 2 nitrogen and oxygen atoms in total. The number of carbonyl (C=O) groups is 2. The first-order valence-electron chi connectivity index (χ1n) is 6.58. The van der Waals surface area contributed by atoms with E-state index in [2.05, 4.69) is 15.9 Å². The highest BCUT2D eigenvalue weighted by Gasteiger charge is 2.31. The van der Waals surface area contributed by atoms with Crippen molar-refractivity contribution in [3.05, 3.63) is 81.3 Å². The van der Waals surface area contributed by atoms with Crippen LogP contribution in [0.3, 0.4) is 0 Å². The number of halogens is 1. The lowest BCUT2D eigenvalue weighted by atomic mass is 9.82. The Balaban J connectivity index is 2.17. The number of rotatable bonds is 0. The fraction of sp³-hybridized carbons (Fsp3) is 0. The fourth-order valence-corrected chi connectivity index (χ4v) is 3.50. The second-order valence-electron chi connectivity index (χ2n) is 5.03. The monoisotopic (exact) mass is 336 g/mol. The minimum absolute atomic E-state index is 0.0853. The average Bonchev–Trinajstić information content (AvgIpc) is 2.52. The molecule has 0 N–H and O–H groups in total. The molecule has 3 aromatic rings. The molecule has 3 aromatic carbocycles. The molecule has 0 aliphatic heterocycles. The van der Waals surface area contributed by atoms with E-state index in [0.717, 1.165) is 15.2 Å². The van der Waals surface area contributed by atoms with Crippen LogP contribution >= 0.6 is 15.9 Å². The molecule has 0 saturated heterocycles. The summed E-state index contributed by atoms with van der Waals surface area (Å²) in [6, 6.07) is 16.4. The number of fused-ring (bicyclic) bond motifs is 4. The third kappa shape index (κ3) is 1.64. The fourth-order valence-electron chi connectivity index (χ4n) is 2.92. The summed E-state index contributed by atoms with van der Waals surface area (Å²) < 4.78 is 0.831. The van der Waals surface area contributed by atoms with Gasteiger partial charge in [-0.3, -0.25) is 9.59 Å². The lowest BCUT2D eigenvalue weighted by molar-refractivity contribution is 0.0980. The van der Waals surface area contributed by atoms with Gasteiger partial charge in [-0.15, -0.1) is 0 Å². The molecule has 3 heteroatoms. The number of benzene rings is 3. The quantitative estimate of drug-likeness (QED) is 0.477. The van der Waals surface area contributed by atoms with Crippen molar-refractivity contribution >= 4 is 38.3 Å². The minimum Gasteiger partial charge on any atom is -0.289 e. The molecule has 0 unspecified atom stereocenters. The molecule has 1 aliphatic rings. The van der Waals surface area contributed by atoms with E-state index in [-0.39, 0.29) is 11.6 Å². The van der Waals surface area contributed by atoms with Crippen molar-refractivity contribution in [2.24, 2.45) is 0 Å². The van der Waals surface area contributed by atoms with Gasteiger partial charge in [-0.05, 0) is 17.5 Å². The Morgan fingerprint density at radius 1 is 0.667 bits per heavy atom. The number of ketones is 2. The molecule has 100 valence electrons. The first-order chi connectivity index (χ1) is 10.2. The Morgan fingerprint density at radius 3 is 2.14 bits per heavy atom. The molecule has 0 heterocycles. The topological polar surface area (TPSA) is 34.1 Å². The van der Waals surface area contributed by atoms with Crippen LogP contribution in [-0.2, 0) is 0 Å². The Labute approximate surface area is 129 Å². The van der Waals surface area contributed by atoms with Gasteiger partial charge < -0.3 is 0 Å². The van der Waals surface area contributed by atoms with Crippen molar-refractivity contribution in [1.82, 2.24) is 0 Å². The van der Waals surface area contributed by atoms with Crippen molar-refractivity contribution in [2.45, 2.75) is 0 Å². The van der Waals surface area contributed by atoms with Gasteiger partial charge in [-0.2, -0.15) is 0 Å². The summed E-state index contributed by atoms with van der Waals surface area (Å²) in [6.07, 6.45) is 0. The van der Waals surface area contributed by atoms with Gasteiger partial charge in [0, 0.05) is 32.1 Å². The first-order valence-corrected chi connectivity index (χ1v) is 7.37. The highest BCUT2D eigenvalue weighted by molar-refractivity contribution is 9.10. The highest BCUT2D eigenvalue weighted by atomic mass is 79.9. The van der Waals surface area contributed by atoms with Gasteiger partial charge in [0.05, 0.1) is 0 Å². The first kappa shape index (κ1) is 12.5. The van der Waals surface area contributed by atoms with Gasteiger partial charge in [0.2, 0.25) is 0 Å². The predicted octanol–water partition coefficient (Wildman–Crippen LogP) is 4.38. The summed E-state index contributed by atoms with van der Waals surface area (Å²) in [5.74, 6) is -0.171. The van der Waals surface area contributed by atoms with Crippen molar-refractivity contribution < 1.29 is 9.59 Å². The van der Waals surface area contributed by atoms with Crippen molar-refractivity contribution in [1.29, 1.82) is 0 Å². The molecule has 0 atom stereocenters. The van der Waals surface area contributed by atoms with Crippen LogP contribution in [0.2, 0.25) is 0 Å². The predicted molar refractivity (Wildman–Crippen MR) is 85.0 cm³/mol. The molecule has 0 fully saturated rings. The molecule has 1 aliphatic carbocycles. The molecule has 0 radical (unpaired) electrons. The summed E-state index contributed by atoms with van der Waals surface area (Å²) in [4.78, 5) is 25.5. The summed E-state index contributed by atoms with van der Waals surface area (Å²) in [7, 11) is 0. The second-order valence-corrected chi connectivity index (χ2v) is 5.88. The largest absolute Gasteiger partial charge is 0.289 e. The molecule has 0 spiro atoms. The zero-order valence-electron chi connectivity index (χ0n) is 10.9. The second kappa shape index (κ2) is 4.37. The van der Waals surface area contributed by atoms with Gasteiger partial charge in [0.1, 0.15) is 0 Å². The minimum atomic E-state index is -0.0855. The molecular weight excluding hydrogens is 328 g/mol. The molecule has 0 saturated carbocycles. The number of hydrogen-bond donors (Lipinski definition) is 0. The smallest absolute Gasteiger partial charge is 0.195 e. The molecule has 21 heavy (non-hydrogen) atoms. The van der Waals surface area contributed by atoms with E-state index in [1.54, 1.807) is 30.3 Å². The Kier molecular flexibility index (Phi) is 2.59. The van der Waals surface area contributed by atoms with Crippen LogP contribution in [0.15, 0.2) is 59.1 Å². The zero-order valence-corrected chi connectivity index (χ0v) is 12.5. The van der Waals surface area contributed by atoms with Crippen molar-refractivity contribution in [2.75, 3.05) is 0 Å². The summed E-state index contributed by atoms with van der Waals surface area (Å²) in [5.41, 5.74) is 1.96. The van der Waals surface area contributed by atoms with Crippen LogP contribution in [0.4, 0.5) is 0 Å². The third-order valence-electron chi connectivity index (χ3n) is 3.88. The van der Waals surface area contributed by atoms with E-state index < -0.39 is 0 Å². The van der Waals surface area contributed by atoms with Crippen LogP contribution in [0.25, 0.3) is 10.8 Å². The van der Waals surface area contributed by atoms with E-state index in [9.17, 15) is 9.59 Å². The van der Waals surface area contributed by atoms with E-state index >= 15 is 0 Å². The van der Waals surface area contributed by atoms with Crippen LogP contribution in [0, 0.1) is 0 Å². The van der Waals surface area contributed by atoms with Crippen LogP contribution in [0.1, 0.15) is 31.8 Å². The lowest BCUT2D eigenvalue weighted by Crippen LogP contribution is -2.21. The maximum absolute atomic E-state index is 12.8. The van der Waals surface area contributed by atoms with Gasteiger partial charge >= 0.3 is 0 Å². The average molecular weight is 337 g/mol. The summed E-state index contributed by atoms with van der Waals surface area (Å²) in [5, 5.41) is 1.76. The van der Waals surface area contributed by atoms with E-state index in [0.29, 0.717) is 22.3 Å². The summed E-state index contributed by atoms with van der Waals surface area (Å²) in [6.45, 7) is 0. The molecule has 0 bridgehead atoms. The normalized spacial score (nSPS) is 13.2. The number of hydrogen-bond acceptors (Lipinski definition) is 2. The van der Waals surface area contributed by atoms with Gasteiger partial charge in [0.15, 0.2) is 11.6 Å². The van der Waals surface area contributed by atoms with Gasteiger partial charge in [0.25, 0.3) is 0 Å². The van der Waals surface area contributed by atoms with Crippen LogP contribution in [0.5, 0.6) is 0 Å². The number of carbonyl (C=O) groups excluding carboxylic acids is 2. The van der Waals surface area contributed by atoms with Crippen molar-refractivity contribution in [3.8, 4) is 0 Å². The van der Waals surface area contributed by atoms with E-state index in [1.807, 2.05) is 24.3 Å². The van der Waals surface area contributed by atoms with Crippen LogP contribution in [-0.4, -0.2) is 11.6 Å². The van der Waals surface area contributed by atoms with Gasteiger partial charge in [-0.1, -0.05) is 58.4 Å². The van der Waals surface area contributed by atoms with Gasteiger partial charge in [-0.25, -0.2) is 0 Å². The SMILES string of the molecule is O=C1c2ccccc2C(=O)c2c1ccc1cccc(Br)c21. The molecule has 0 amide bonds. The van der Waals surface area contributed by atoms with E-state index in [4.69, 9.17) is 0 Å². The molecule has 4 rings (SSSR count). The van der Waals surface area contributed by atoms with Crippen molar-refractivity contribution in [3.63, 3.8) is 0 Å². The third-order valence-corrected chi connectivity index (χ3v) is 4.54. The zero-order chi connectivity index (χ0) is 14.6.